The van der Waals surface area contributed by atoms with E-state index < -0.39 is 6.23 Å². The Morgan fingerprint density at radius 2 is 1.81 bits per heavy atom. The standard InChI is InChI=1S/C24H20N4O2S/c1-3-20(29)28-19-14-7-6-12-18(19)21-22(25-24(31-2)27-26-21)30-23(28)17-13-8-10-15-9-4-5-11-16(15)17/h4-14,23H,3H2,1-2H3/t23-/m1/s1. The molecular formula is C24H20N4O2S. The number of thioether (sulfide) groups is 1. The van der Waals surface area contributed by atoms with E-state index in [9.17, 15) is 4.79 Å². The Morgan fingerprint density at radius 1 is 1.03 bits per heavy atom. The van der Waals surface area contributed by atoms with Gasteiger partial charge in [-0.05, 0) is 23.1 Å². The van der Waals surface area contributed by atoms with Gasteiger partial charge in [-0.25, -0.2) is 0 Å². The van der Waals surface area contributed by atoms with Crippen LogP contribution in [-0.2, 0) is 4.79 Å². The van der Waals surface area contributed by atoms with Crippen molar-refractivity contribution in [3.63, 3.8) is 0 Å². The van der Waals surface area contributed by atoms with Crippen LogP contribution in [0.15, 0.2) is 71.9 Å². The van der Waals surface area contributed by atoms with Crippen molar-refractivity contribution in [3.05, 3.63) is 72.3 Å². The molecule has 4 aromatic rings. The summed E-state index contributed by atoms with van der Waals surface area (Å²) < 4.78 is 6.49. The number of hydrogen-bond donors (Lipinski definition) is 0. The maximum Gasteiger partial charge on any atom is 0.247 e. The second-order valence-electron chi connectivity index (χ2n) is 7.13. The third-order valence-electron chi connectivity index (χ3n) is 5.35. The lowest BCUT2D eigenvalue weighted by Crippen LogP contribution is -2.37. The molecule has 0 unspecified atom stereocenters. The molecule has 6 nitrogen and oxygen atoms in total. The number of ether oxygens (including phenoxy) is 1. The number of amides is 1. The molecule has 0 aliphatic carbocycles. The molecule has 1 aliphatic heterocycles. The van der Waals surface area contributed by atoms with Crippen molar-refractivity contribution in [1.82, 2.24) is 15.2 Å². The Kier molecular flexibility index (Phi) is 5.03. The summed E-state index contributed by atoms with van der Waals surface area (Å²) in [6.07, 6.45) is 1.54. The molecule has 0 bridgehead atoms. The molecule has 0 radical (unpaired) electrons. The van der Waals surface area contributed by atoms with E-state index >= 15 is 0 Å². The quantitative estimate of drug-likeness (QED) is 0.415. The molecule has 0 saturated carbocycles. The number of aromatic nitrogens is 3. The summed E-state index contributed by atoms with van der Waals surface area (Å²) in [7, 11) is 0. The number of benzene rings is 3. The third kappa shape index (κ3) is 3.31. The summed E-state index contributed by atoms with van der Waals surface area (Å²) in [5.41, 5.74) is 2.94. The van der Waals surface area contributed by atoms with Gasteiger partial charge in [0.15, 0.2) is 5.69 Å². The smallest absolute Gasteiger partial charge is 0.247 e. The van der Waals surface area contributed by atoms with Crippen molar-refractivity contribution in [3.8, 4) is 17.1 Å². The van der Waals surface area contributed by atoms with E-state index in [-0.39, 0.29) is 5.91 Å². The van der Waals surface area contributed by atoms with E-state index in [1.807, 2.05) is 67.8 Å². The molecule has 0 N–H and O–H groups in total. The topological polar surface area (TPSA) is 68.2 Å². The average molecular weight is 429 g/mol. The summed E-state index contributed by atoms with van der Waals surface area (Å²) in [6.45, 7) is 1.85. The van der Waals surface area contributed by atoms with Crippen LogP contribution in [0.25, 0.3) is 22.0 Å². The highest BCUT2D eigenvalue weighted by atomic mass is 32.2. The normalized spacial score (nSPS) is 15.0. The molecule has 154 valence electrons. The molecule has 1 aliphatic rings. The Labute approximate surface area is 184 Å². The lowest BCUT2D eigenvalue weighted by molar-refractivity contribution is -0.120. The van der Waals surface area contributed by atoms with Gasteiger partial charge in [-0.15, -0.1) is 10.2 Å². The first-order chi connectivity index (χ1) is 15.2. The van der Waals surface area contributed by atoms with Gasteiger partial charge in [-0.1, -0.05) is 79.3 Å². The zero-order valence-electron chi connectivity index (χ0n) is 17.1. The number of nitrogens with zero attached hydrogens (tertiary/aromatic N) is 4. The van der Waals surface area contributed by atoms with Crippen molar-refractivity contribution in [2.45, 2.75) is 24.7 Å². The monoisotopic (exact) mass is 428 g/mol. The molecule has 3 aromatic carbocycles. The third-order valence-corrected chi connectivity index (χ3v) is 5.89. The molecule has 5 rings (SSSR count). The van der Waals surface area contributed by atoms with E-state index in [4.69, 9.17) is 4.74 Å². The van der Waals surface area contributed by atoms with Crippen LogP contribution in [-0.4, -0.2) is 27.3 Å². The number of rotatable bonds is 3. The first-order valence-electron chi connectivity index (χ1n) is 10.1. The first-order valence-corrected chi connectivity index (χ1v) is 11.3. The predicted octanol–water partition coefficient (Wildman–Crippen LogP) is 5.25. The largest absolute Gasteiger partial charge is 0.447 e. The molecule has 1 amide bonds. The number of anilines is 1. The van der Waals surface area contributed by atoms with Gasteiger partial charge in [0.1, 0.15) is 0 Å². The molecule has 1 aromatic heterocycles. The molecule has 0 fully saturated rings. The minimum Gasteiger partial charge on any atom is -0.447 e. The summed E-state index contributed by atoms with van der Waals surface area (Å²) >= 11 is 1.40. The van der Waals surface area contributed by atoms with Gasteiger partial charge in [0, 0.05) is 17.5 Å². The van der Waals surface area contributed by atoms with Crippen molar-refractivity contribution >= 4 is 34.1 Å². The second kappa shape index (κ2) is 8.00. The maximum atomic E-state index is 13.3. The molecule has 0 spiro atoms. The zero-order valence-corrected chi connectivity index (χ0v) is 18.0. The molecule has 0 saturated heterocycles. The van der Waals surface area contributed by atoms with E-state index in [2.05, 4.69) is 27.3 Å². The molecule has 31 heavy (non-hydrogen) atoms. The summed E-state index contributed by atoms with van der Waals surface area (Å²) in [4.78, 5) is 19.6. The van der Waals surface area contributed by atoms with Gasteiger partial charge < -0.3 is 4.74 Å². The Bertz CT molecular complexity index is 1290. The summed E-state index contributed by atoms with van der Waals surface area (Å²) in [5.74, 6) is 0.326. The van der Waals surface area contributed by atoms with E-state index in [0.717, 1.165) is 27.6 Å². The number of carbonyl (C=O) groups excluding carboxylic acids is 1. The van der Waals surface area contributed by atoms with Gasteiger partial charge in [0.05, 0.1) is 5.69 Å². The van der Waals surface area contributed by atoms with Crippen LogP contribution < -0.4 is 9.64 Å². The van der Waals surface area contributed by atoms with Gasteiger partial charge in [0.2, 0.25) is 23.2 Å². The van der Waals surface area contributed by atoms with E-state index in [0.29, 0.717) is 23.2 Å². The second-order valence-corrected chi connectivity index (χ2v) is 7.90. The van der Waals surface area contributed by atoms with Gasteiger partial charge in [-0.2, -0.15) is 4.98 Å². The van der Waals surface area contributed by atoms with Crippen LogP contribution in [0.5, 0.6) is 5.88 Å². The lowest BCUT2D eigenvalue weighted by Gasteiger charge is -2.31. The predicted molar refractivity (Wildman–Crippen MR) is 122 cm³/mol. The molecular weight excluding hydrogens is 408 g/mol. The summed E-state index contributed by atoms with van der Waals surface area (Å²) in [6, 6.07) is 21.8. The van der Waals surface area contributed by atoms with Crippen molar-refractivity contribution in [1.29, 1.82) is 0 Å². The van der Waals surface area contributed by atoms with Crippen LogP contribution in [0.3, 0.4) is 0 Å². The fourth-order valence-electron chi connectivity index (χ4n) is 3.91. The summed E-state index contributed by atoms with van der Waals surface area (Å²) in [5, 5.41) is 11.2. The van der Waals surface area contributed by atoms with Gasteiger partial charge in [0.25, 0.3) is 0 Å². The average Bonchev–Trinajstić information content (AvgIpc) is 2.97. The fraction of sp³-hybridized carbons (Fsp3) is 0.167. The van der Waals surface area contributed by atoms with Crippen LogP contribution in [0, 0.1) is 0 Å². The lowest BCUT2D eigenvalue weighted by atomic mass is 10.0. The molecule has 1 atom stereocenters. The first kappa shape index (κ1) is 19.5. The minimum atomic E-state index is -0.688. The maximum absolute atomic E-state index is 13.3. The van der Waals surface area contributed by atoms with Crippen LogP contribution in [0.4, 0.5) is 5.69 Å². The number of carbonyl (C=O) groups is 1. The zero-order chi connectivity index (χ0) is 21.4. The van der Waals surface area contributed by atoms with Crippen molar-refractivity contribution in [2.75, 3.05) is 11.2 Å². The van der Waals surface area contributed by atoms with Gasteiger partial charge >= 0.3 is 0 Å². The molecule has 7 heteroatoms. The highest BCUT2D eigenvalue weighted by molar-refractivity contribution is 7.98. The number of hydrogen-bond acceptors (Lipinski definition) is 6. The van der Waals surface area contributed by atoms with Gasteiger partial charge in [-0.3, -0.25) is 9.69 Å². The molecule has 2 heterocycles. The van der Waals surface area contributed by atoms with E-state index in [1.54, 1.807) is 4.90 Å². The highest BCUT2D eigenvalue weighted by Gasteiger charge is 2.35. The SMILES string of the molecule is CCC(=O)N1c2ccccc2-c2nnc(SC)nc2O[C@@H]1c1cccc2ccccc12. The Hall–Kier alpha value is -3.45. The van der Waals surface area contributed by atoms with Crippen molar-refractivity contribution < 1.29 is 9.53 Å². The number of para-hydroxylation sites is 1. The number of fused-ring (bicyclic) bond motifs is 4. The fourth-order valence-corrected chi connectivity index (χ4v) is 4.20. The van der Waals surface area contributed by atoms with Crippen LogP contribution >= 0.6 is 11.8 Å². The van der Waals surface area contributed by atoms with Crippen molar-refractivity contribution in [2.24, 2.45) is 0 Å². The van der Waals surface area contributed by atoms with E-state index in [1.165, 1.54) is 11.8 Å². The Morgan fingerprint density at radius 3 is 2.65 bits per heavy atom. The van der Waals surface area contributed by atoms with Crippen LogP contribution in [0.1, 0.15) is 25.1 Å². The minimum absolute atomic E-state index is 0.0451. The van der Waals surface area contributed by atoms with Crippen LogP contribution in [0.2, 0.25) is 0 Å². The Balaban J connectivity index is 1.81. The highest BCUT2D eigenvalue weighted by Crippen LogP contribution is 2.44.